The van der Waals surface area contributed by atoms with E-state index in [9.17, 15) is 14.4 Å². The molecule has 1 aromatic carbocycles. The summed E-state index contributed by atoms with van der Waals surface area (Å²) in [4.78, 5) is 41.3. The van der Waals surface area contributed by atoms with Crippen molar-refractivity contribution >= 4 is 17.8 Å². The van der Waals surface area contributed by atoms with E-state index in [1.54, 1.807) is 20.1 Å². The van der Waals surface area contributed by atoms with Crippen LogP contribution in [0.3, 0.4) is 0 Å². The van der Waals surface area contributed by atoms with Crippen LogP contribution >= 0.6 is 0 Å². The van der Waals surface area contributed by atoms with E-state index in [-0.39, 0.29) is 36.4 Å². The van der Waals surface area contributed by atoms with Crippen molar-refractivity contribution in [3.63, 3.8) is 0 Å². The molecular weight excluding hydrogens is 464 g/mol. The largest absolute Gasteiger partial charge is 0.493 e. The highest BCUT2D eigenvalue weighted by Crippen LogP contribution is 2.36. The summed E-state index contributed by atoms with van der Waals surface area (Å²) in [6.07, 6.45) is 3.91. The van der Waals surface area contributed by atoms with Crippen LogP contribution in [-0.4, -0.2) is 65.4 Å². The van der Waals surface area contributed by atoms with E-state index in [1.807, 2.05) is 12.1 Å². The van der Waals surface area contributed by atoms with E-state index in [0.29, 0.717) is 23.0 Å². The number of para-hydroxylation sites is 1. The lowest BCUT2D eigenvalue weighted by Gasteiger charge is -2.44. The van der Waals surface area contributed by atoms with Crippen LogP contribution in [0.1, 0.15) is 66.1 Å². The van der Waals surface area contributed by atoms with Gasteiger partial charge in [0.2, 0.25) is 5.91 Å². The number of benzene rings is 1. The van der Waals surface area contributed by atoms with Gasteiger partial charge >= 0.3 is 5.97 Å². The number of hydrogen-bond donors (Lipinski definition) is 1. The Bertz CT molecular complexity index is 1150. The molecule has 1 fully saturated rings. The van der Waals surface area contributed by atoms with E-state index >= 15 is 0 Å². The highest BCUT2D eigenvalue weighted by molar-refractivity contribution is 6.01. The number of ether oxygens (including phenoxy) is 3. The fourth-order valence-electron chi connectivity index (χ4n) is 5.09. The highest BCUT2D eigenvalue weighted by Gasteiger charge is 2.49. The summed E-state index contributed by atoms with van der Waals surface area (Å²) in [5.74, 6) is 0.353. The molecule has 0 radical (unpaired) electrons. The van der Waals surface area contributed by atoms with Gasteiger partial charge in [0, 0.05) is 17.7 Å². The van der Waals surface area contributed by atoms with Crippen molar-refractivity contribution in [1.82, 2.24) is 20.0 Å². The van der Waals surface area contributed by atoms with E-state index in [0.717, 1.165) is 25.7 Å². The lowest BCUT2D eigenvalue weighted by molar-refractivity contribution is -0.134. The molecule has 1 aliphatic carbocycles. The van der Waals surface area contributed by atoms with Crippen LogP contribution in [0.15, 0.2) is 24.3 Å². The van der Waals surface area contributed by atoms with Gasteiger partial charge in [-0.15, -0.1) is 0 Å². The fraction of sp³-hybridized carbons (Fsp3) is 0.538. The number of hydrogen-bond acceptors (Lipinski definition) is 7. The van der Waals surface area contributed by atoms with E-state index in [1.165, 1.54) is 29.9 Å². The summed E-state index contributed by atoms with van der Waals surface area (Å²) in [5, 5.41) is 7.47. The Morgan fingerprint density at radius 3 is 2.50 bits per heavy atom. The first kappa shape index (κ1) is 25.5. The van der Waals surface area contributed by atoms with Gasteiger partial charge < -0.3 is 24.4 Å². The molecule has 2 amide bonds. The molecule has 2 heterocycles. The highest BCUT2D eigenvalue weighted by atomic mass is 16.5. The normalized spacial score (nSPS) is 23.6. The topological polar surface area (TPSA) is 112 Å². The van der Waals surface area contributed by atoms with Crippen molar-refractivity contribution in [1.29, 1.82) is 0 Å². The van der Waals surface area contributed by atoms with Crippen LogP contribution in [-0.2, 0) is 22.6 Å². The minimum Gasteiger partial charge on any atom is -0.493 e. The Kier molecular flexibility index (Phi) is 7.23. The molecule has 10 nitrogen and oxygen atoms in total. The predicted molar refractivity (Wildman–Crippen MR) is 131 cm³/mol. The van der Waals surface area contributed by atoms with Crippen molar-refractivity contribution in [3.8, 4) is 11.5 Å². The number of nitrogens with zero attached hydrogens (tertiary/aromatic N) is 3. The minimum absolute atomic E-state index is 0.0192. The monoisotopic (exact) mass is 498 g/mol. The fourth-order valence-corrected chi connectivity index (χ4v) is 5.09. The molecule has 194 valence electrons. The molecule has 0 spiro atoms. The summed E-state index contributed by atoms with van der Waals surface area (Å²) in [6.45, 7) is 4.15. The van der Waals surface area contributed by atoms with Gasteiger partial charge in [-0.1, -0.05) is 19.1 Å². The third-order valence-electron chi connectivity index (χ3n) is 7.35. The van der Waals surface area contributed by atoms with Crippen LogP contribution in [0.25, 0.3) is 0 Å². The zero-order valence-electron chi connectivity index (χ0n) is 21.5. The van der Waals surface area contributed by atoms with Crippen LogP contribution in [0, 0.1) is 5.92 Å². The first-order valence-corrected chi connectivity index (χ1v) is 12.2. The van der Waals surface area contributed by atoms with Gasteiger partial charge in [0.1, 0.15) is 11.2 Å². The molecule has 2 aliphatic rings. The standard InChI is InChI=1S/C26H34N4O6/c1-16-9-11-18(12-10-16)27-25(33)26(2)15-30-20(13-19(28-30)24(32)36-5)23(31)29(26)14-17-7-6-8-21(34-3)22(17)35-4/h6-8,13,16,18H,9-12,14-15H2,1-5H3,(H,27,33). The van der Waals surface area contributed by atoms with Crippen LogP contribution < -0.4 is 14.8 Å². The Labute approximate surface area is 210 Å². The molecular formula is C26H34N4O6. The number of methoxy groups -OCH3 is 3. The quantitative estimate of drug-likeness (QED) is 0.584. The van der Waals surface area contributed by atoms with Crippen LogP contribution in [0.2, 0.25) is 0 Å². The van der Waals surface area contributed by atoms with E-state index < -0.39 is 17.4 Å². The van der Waals surface area contributed by atoms with Crippen molar-refractivity contribution in [2.75, 3.05) is 21.3 Å². The molecule has 1 N–H and O–H groups in total. The maximum Gasteiger partial charge on any atom is 0.358 e. The van der Waals surface area contributed by atoms with E-state index in [4.69, 9.17) is 14.2 Å². The maximum atomic E-state index is 13.8. The SMILES string of the molecule is COC(=O)c1cc2n(n1)CC(C)(C(=O)NC1CCC(C)CC1)N(Cc1cccc(OC)c1OC)C2=O. The summed E-state index contributed by atoms with van der Waals surface area (Å²) in [5.41, 5.74) is -0.336. The van der Waals surface area contributed by atoms with Gasteiger partial charge in [-0.05, 0) is 44.6 Å². The van der Waals surface area contributed by atoms with Crippen molar-refractivity contribution in [3.05, 3.63) is 41.2 Å². The molecule has 10 heteroatoms. The van der Waals surface area contributed by atoms with Gasteiger partial charge in [0.05, 0.1) is 34.4 Å². The molecule has 1 saturated carbocycles. The molecule has 1 aliphatic heterocycles. The zero-order chi connectivity index (χ0) is 26.0. The molecule has 2 aromatic rings. The Morgan fingerprint density at radius 2 is 1.86 bits per heavy atom. The smallest absolute Gasteiger partial charge is 0.358 e. The lowest BCUT2D eigenvalue weighted by atomic mass is 9.86. The first-order valence-electron chi connectivity index (χ1n) is 12.2. The summed E-state index contributed by atoms with van der Waals surface area (Å²) in [6, 6.07) is 6.88. The number of carbonyl (C=O) groups excluding carboxylic acids is 3. The number of rotatable bonds is 7. The van der Waals surface area contributed by atoms with Gasteiger partial charge in [-0.25, -0.2) is 4.79 Å². The molecule has 0 saturated heterocycles. The van der Waals surface area contributed by atoms with Gasteiger partial charge in [-0.3, -0.25) is 14.3 Å². The maximum absolute atomic E-state index is 13.8. The molecule has 1 unspecified atom stereocenters. The second-order valence-electron chi connectivity index (χ2n) is 9.81. The summed E-state index contributed by atoms with van der Waals surface area (Å²) >= 11 is 0. The lowest BCUT2D eigenvalue weighted by Crippen LogP contribution is -2.64. The number of aromatic nitrogens is 2. The Balaban J connectivity index is 1.72. The van der Waals surface area contributed by atoms with Crippen molar-refractivity contribution in [2.24, 2.45) is 5.92 Å². The van der Waals surface area contributed by atoms with Crippen molar-refractivity contribution < 1.29 is 28.6 Å². The number of fused-ring (bicyclic) bond motifs is 1. The summed E-state index contributed by atoms with van der Waals surface area (Å²) < 4.78 is 17.2. The number of nitrogens with one attached hydrogen (secondary N) is 1. The molecule has 4 rings (SSSR count). The van der Waals surface area contributed by atoms with Gasteiger partial charge in [0.25, 0.3) is 5.91 Å². The number of carbonyl (C=O) groups is 3. The van der Waals surface area contributed by atoms with Gasteiger partial charge in [-0.2, -0.15) is 5.10 Å². The van der Waals surface area contributed by atoms with Crippen molar-refractivity contribution in [2.45, 2.75) is 64.2 Å². The third-order valence-corrected chi connectivity index (χ3v) is 7.35. The van der Waals surface area contributed by atoms with Crippen LogP contribution in [0.4, 0.5) is 0 Å². The molecule has 36 heavy (non-hydrogen) atoms. The third kappa shape index (κ3) is 4.64. The summed E-state index contributed by atoms with van der Waals surface area (Å²) in [7, 11) is 4.34. The van der Waals surface area contributed by atoms with E-state index in [2.05, 4.69) is 17.3 Å². The average molecular weight is 499 g/mol. The van der Waals surface area contributed by atoms with Gasteiger partial charge in [0.15, 0.2) is 17.2 Å². The number of amides is 2. The first-order chi connectivity index (χ1) is 17.2. The second-order valence-corrected chi connectivity index (χ2v) is 9.81. The second kappa shape index (κ2) is 10.2. The average Bonchev–Trinajstić information content (AvgIpc) is 3.30. The molecule has 0 bridgehead atoms. The van der Waals surface area contributed by atoms with Crippen LogP contribution in [0.5, 0.6) is 11.5 Å². The Hall–Kier alpha value is -3.56. The predicted octanol–water partition coefficient (Wildman–Crippen LogP) is 2.80. The number of esters is 1. The molecule has 1 aromatic heterocycles. The zero-order valence-corrected chi connectivity index (χ0v) is 21.5. The molecule has 1 atom stereocenters. The minimum atomic E-state index is -1.26. The Morgan fingerprint density at radius 1 is 1.14 bits per heavy atom.